The molecule has 2 rings (SSSR count). The molecule has 0 saturated heterocycles. The number of halogens is 2. The van der Waals surface area contributed by atoms with Crippen LogP contribution in [0.1, 0.15) is 28.8 Å². The summed E-state index contributed by atoms with van der Waals surface area (Å²) in [5.41, 5.74) is 1.31. The number of hydrogen-bond acceptors (Lipinski definition) is 5. The van der Waals surface area contributed by atoms with E-state index in [0.29, 0.717) is 23.7 Å². The number of hydrogen-bond donors (Lipinski definition) is 2. The second kappa shape index (κ2) is 10.0. The van der Waals surface area contributed by atoms with E-state index in [2.05, 4.69) is 22.2 Å². The van der Waals surface area contributed by atoms with E-state index in [4.69, 9.17) is 16.3 Å². The maximum atomic E-state index is 13.3. The predicted octanol–water partition coefficient (Wildman–Crippen LogP) is 3.33. The van der Waals surface area contributed by atoms with E-state index in [0.717, 1.165) is 18.2 Å². The van der Waals surface area contributed by atoms with Crippen molar-refractivity contribution in [3.8, 4) is 5.75 Å². The van der Waals surface area contributed by atoms with Crippen LogP contribution in [-0.2, 0) is 11.2 Å². The number of nitrogens with zero attached hydrogens (tertiary/aromatic N) is 1. The summed E-state index contributed by atoms with van der Waals surface area (Å²) in [6.45, 7) is 5.71. The van der Waals surface area contributed by atoms with Gasteiger partial charge in [-0.15, -0.1) is 11.3 Å². The second-order valence-corrected chi connectivity index (χ2v) is 6.79. The molecule has 0 saturated carbocycles. The molecule has 2 amide bonds. The molecule has 0 radical (unpaired) electrons. The van der Waals surface area contributed by atoms with Gasteiger partial charge in [0.15, 0.2) is 11.6 Å². The molecule has 2 aromatic rings. The highest BCUT2D eigenvalue weighted by Gasteiger charge is 2.11. The van der Waals surface area contributed by atoms with Crippen molar-refractivity contribution in [3.63, 3.8) is 0 Å². The van der Waals surface area contributed by atoms with E-state index in [-0.39, 0.29) is 23.3 Å². The van der Waals surface area contributed by atoms with Crippen LogP contribution in [0.25, 0.3) is 0 Å². The molecule has 0 aliphatic carbocycles. The Labute approximate surface area is 165 Å². The van der Waals surface area contributed by atoms with E-state index in [9.17, 15) is 14.0 Å². The van der Waals surface area contributed by atoms with Gasteiger partial charge in [-0.25, -0.2) is 9.37 Å². The topological polar surface area (TPSA) is 80.3 Å². The average Bonchev–Trinajstić information content (AvgIpc) is 3.12. The number of nitrogens with one attached hydrogen (secondary N) is 2. The minimum atomic E-state index is -0.624. The molecule has 6 nitrogen and oxygen atoms in total. The minimum Gasteiger partial charge on any atom is -0.484 e. The largest absolute Gasteiger partial charge is 0.484 e. The number of benzene rings is 1. The molecule has 1 aromatic carbocycles. The second-order valence-electron chi connectivity index (χ2n) is 5.52. The Morgan fingerprint density at radius 2 is 2.19 bits per heavy atom. The number of aryl methyl sites for hydroxylation is 1. The Hall–Kier alpha value is -2.45. The maximum Gasteiger partial charge on any atom is 0.280 e. The number of thiazole rings is 1. The first kappa shape index (κ1) is 20.9. The summed E-state index contributed by atoms with van der Waals surface area (Å²) in [4.78, 5) is 28.0. The van der Waals surface area contributed by atoms with Gasteiger partial charge in [0.2, 0.25) is 0 Å². The van der Waals surface area contributed by atoms with E-state index in [1.165, 1.54) is 23.5 Å². The molecular formula is C18H19ClFN3O3S. The highest BCUT2D eigenvalue weighted by atomic mass is 35.5. The van der Waals surface area contributed by atoms with Gasteiger partial charge in [0.1, 0.15) is 11.6 Å². The normalized spacial score (nSPS) is 10.3. The molecule has 0 atom stereocenters. The van der Waals surface area contributed by atoms with Gasteiger partial charge in [0, 0.05) is 30.1 Å². The van der Waals surface area contributed by atoms with Gasteiger partial charge in [0.25, 0.3) is 11.8 Å². The first-order chi connectivity index (χ1) is 12.9. The molecule has 0 fully saturated rings. The van der Waals surface area contributed by atoms with Gasteiger partial charge >= 0.3 is 0 Å². The smallest absolute Gasteiger partial charge is 0.280 e. The van der Waals surface area contributed by atoms with E-state index in [1.54, 1.807) is 0 Å². The van der Waals surface area contributed by atoms with Crippen molar-refractivity contribution in [1.82, 2.24) is 15.6 Å². The van der Waals surface area contributed by atoms with Gasteiger partial charge in [-0.05, 0) is 18.6 Å². The van der Waals surface area contributed by atoms with E-state index >= 15 is 0 Å². The number of ether oxygens (including phenoxy) is 1. The Balaban J connectivity index is 1.67. The van der Waals surface area contributed by atoms with Crippen molar-refractivity contribution in [2.45, 2.75) is 19.8 Å². The lowest BCUT2D eigenvalue weighted by molar-refractivity contribution is -0.122. The Bertz CT molecular complexity index is 841. The van der Waals surface area contributed by atoms with Crippen molar-refractivity contribution >= 4 is 34.8 Å². The van der Waals surface area contributed by atoms with Gasteiger partial charge in [-0.3, -0.25) is 9.59 Å². The summed E-state index contributed by atoms with van der Waals surface area (Å²) in [5.74, 6) is -1.12. The molecule has 0 unspecified atom stereocenters. The Kier molecular flexibility index (Phi) is 7.75. The third-order valence-corrected chi connectivity index (χ3v) is 4.59. The summed E-state index contributed by atoms with van der Waals surface area (Å²) in [7, 11) is 0. The predicted molar refractivity (Wildman–Crippen MR) is 103 cm³/mol. The molecule has 0 spiro atoms. The lowest BCUT2D eigenvalue weighted by Crippen LogP contribution is -2.31. The molecule has 9 heteroatoms. The number of carbonyl (C=O) groups excluding carboxylic acids is 2. The standard InChI is InChI=1S/C18H19ClFN3O3S/c1-3-12-10-27-18(23-12)17(25)21-7-6-11(2)22-16(24)9-26-13-4-5-14(19)15(20)8-13/h4-5,8,10H,2-3,6-7,9H2,1H3,(H,21,25)(H,22,24). The first-order valence-electron chi connectivity index (χ1n) is 8.17. The first-order valence-corrected chi connectivity index (χ1v) is 9.43. The quantitative estimate of drug-likeness (QED) is 0.663. The fraction of sp³-hybridized carbons (Fsp3) is 0.278. The molecule has 0 aliphatic heterocycles. The summed E-state index contributed by atoms with van der Waals surface area (Å²) >= 11 is 6.87. The van der Waals surface area contributed by atoms with Gasteiger partial charge in [-0.2, -0.15) is 0 Å². The van der Waals surface area contributed by atoms with Crippen LogP contribution in [0.15, 0.2) is 35.9 Å². The summed E-state index contributed by atoms with van der Waals surface area (Å²) < 4.78 is 18.5. The molecule has 1 aromatic heterocycles. The lowest BCUT2D eigenvalue weighted by Gasteiger charge is -2.10. The average molecular weight is 412 g/mol. The van der Waals surface area contributed by atoms with E-state index < -0.39 is 11.7 Å². The monoisotopic (exact) mass is 411 g/mol. The van der Waals surface area contributed by atoms with Crippen LogP contribution in [0, 0.1) is 5.82 Å². The number of rotatable bonds is 9. The van der Waals surface area contributed by atoms with Gasteiger partial charge in [-0.1, -0.05) is 25.1 Å². The van der Waals surface area contributed by atoms with Gasteiger partial charge in [0.05, 0.1) is 10.7 Å². The molecule has 1 heterocycles. The molecule has 27 heavy (non-hydrogen) atoms. The van der Waals surface area contributed by atoms with Crippen molar-refractivity contribution in [1.29, 1.82) is 0 Å². The third-order valence-electron chi connectivity index (χ3n) is 3.40. The van der Waals surface area contributed by atoms with Crippen molar-refractivity contribution in [2.24, 2.45) is 0 Å². The van der Waals surface area contributed by atoms with Crippen molar-refractivity contribution in [2.75, 3.05) is 13.2 Å². The zero-order valence-corrected chi connectivity index (χ0v) is 16.3. The third kappa shape index (κ3) is 6.65. The Morgan fingerprint density at radius 1 is 1.41 bits per heavy atom. The fourth-order valence-electron chi connectivity index (χ4n) is 1.99. The molecule has 144 valence electrons. The van der Waals surface area contributed by atoms with Crippen LogP contribution >= 0.6 is 22.9 Å². The van der Waals surface area contributed by atoms with E-state index in [1.807, 2.05) is 12.3 Å². The zero-order chi connectivity index (χ0) is 19.8. The molecule has 0 bridgehead atoms. The summed E-state index contributed by atoms with van der Waals surface area (Å²) in [5, 5.41) is 7.51. The summed E-state index contributed by atoms with van der Waals surface area (Å²) in [6.07, 6.45) is 1.14. The number of aromatic nitrogens is 1. The molecule has 0 aliphatic rings. The zero-order valence-electron chi connectivity index (χ0n) is 14.7. The van der Waals surface area contributed by atoms with Crippen LogP contribution in [-0.4, -0.2) is 29.9 Å². The molecular weight excluding hydrogens is 393 g/mol. The SMILES string of the molecule is C=C(CCNC(=O)c1nc(CC)cs1)NC(=O)COc1ccc(Cl)c(F)c1. The van der Waals surface area contributed by atoms with Crippen LogP contribution in [0.4, 0.5) is 4.39 Å². The van der Waals surface area contributed by atoms with Crippen LogP contribution in [0.3, 0.4) is 0 Å². The molecule has 2 N–H and O–H groups in total. The van der Waals surface area contributed by atoms with Crippen LogP contribution < -0.4 is 15.4 Å². The van der Waals surface area contributed by atoms with Gasteiger partial charge < -0.3 is 15.4 Å². The highest BCUT2D eigenvalue weighted by Crippen LogP contribution is 2.20. The minimum absolute atomic E-state index is 0.0223. The lowest BCUT2D eigenvalue weighted by atomic mass is 10.3. The summed E-state index contributed by atoms with van der Waals surface area (Å²) in [6, 6.07) is 3.91. The van der Waals surface area contributed by atoms with Crippen LogP contribution in [0.5, 0.6) is 5.75 Å². The fourth-order valence-corrected chi connectivity index (χ4v) is 2.92. The van der Waals surface area contributed by atoms with Crippen molar-refractivity contribution in [3.05, 3.63) is 57.4 Å². The van der Waals surface area contributed by atoms with Crippen molar-refractivity contribution < 1.29 is 18.7 Å². The van der Waals surface area contributed by atoms with Crippen LogP contribution in [0.2, 0.25) is 5.02 Å². The Morgan fingerprint density at radius 3 is 2.85 bits per heavy atom. The number of carbonyl (C=O) groups is 2. The number of amides is 2. The maximum absolute atomic E-state index is 13.3. The highest BCUT2D eigenvalue weighted by molar-refractivity contribution is 7.11.